The molecule has 2 amide bonds. The van der Waals surface area contributed by atoms with E-state index in [4.69, 9.17) is 5.73 Å². The number of nitrogens with two attached hydrogens (primary N) is 1. The molecular formula is C14H16F3N3O2. The van der Waals surface area contributed by atoms with E-state index in [-0.39, 0.29) is 11.5 Å². The second-order valence-electron chi connectivity index (χ2n) is 5.44. The Labute approximate surface area is 125 Å². The molecule has 1 aromatic carbocycles. The minimum absolute atomic E-state index is 0.0343. The minimum atomic E-state index is -4.48. The molecule has 0 unspecified atom stereocenters. The third-order valence-electron chi connectivity index (χ3n) is 3.44. The molecular weight excluding hydrogens is 299 g/mol. The summed E-state index contributed by atoms with van der Waals surface area (Å²) in [5, 5.41) is 4.39. The first-order chi connectivity index (χ1) is 10.1. The van der Waals surface area contributed by atoms with Crippen LogP contribution < -0.4 is 16.4 Å². The molecule has 0 aliphatic heterocycles. The summed E-state index contributed by atoms with van der Waals surface area (Å²) in [6.45, 7) is 0.302. The van der Waals surface area contributed by atoms with E-state index >= 15 is 0 Å². The Bertz CT molecular complexity index is 610. The number of aryl methyl sites for hydroxylation is 1. The van der Waals surface area contributed by atoms with E-state index in [0.29, 0.717) is 24.1 Å². The number of anilines is 1. The second-order valence-corrected chi connectivity index (χ2v) is 5.44. The summed E-state index contributed by atoms with van der Waals surface area (Å²) in [5.74, 6) is -1.22. The van der Waals surface area contributed by atoms with Crippen molar-refractivity contribution in [2.24, 2.45) is 5.73 Å². The van der Waals surface area contributed by atoms with Crippen LogP contribution in [-0.4, -0.2) is 30.1 Å². The maximum Gasteiger partial charge on any atom is 0.405 e. The number of alkyl halides is 3. The Morgan fingerprint density at radius 2 is 1.95 bits per heavy atom. The molecule has 0 bridgehead atoms. The number of nitrogens with one attached hydrogen (secondary N) is 2. The fourth-order valence-electron chi connectivity index (χ4n) is 1.79. The quantitative estimate of drug-likeness (QED) is 0.791. The lowest BCUT2D eigenvalue weighted by molar-refractivity contribution is -0.123. The van der Waals surface area contributed by atoms with E-state index in [2.05, 4.69) is 5.32 Å². The van der Waals surface area contributed by atoms with Gasteiger partial charge in [0.1, 0.15) is 6.54 Å². The molecule has 0 radical (unpaired) electrons. The summed E-state index contributed by atoms with van der Waals surface area (Å²) < 4.78 is 36.3. The summed E-state index contributed by atoms with van der Waals surface area (Å²) in [4.78, 5) is 23.6. The molecule has 1 aliphatic rings. The maximum absolute atomic E-state index is 12.1. The predicted octanol–water partition coefficient (Wildman–Crippen LogP) is 1.72. The van der Waals surface area contributed by atoms with Crippen LogP contribution in [0.3, 0.4) is 0 Å². The predicted molar refractivity (Wildman–Crippen MR) is 74.3 cm³/mol. The number of carbonyl (C=O) groups excluding carboxylic acids is 2. The lowest BCUT2D eigenvalue weighted by Crippen LogP contribution is -2.38. The molecule has 1 aliphatic carbocycles. The largest absolute Gasteiger partial charge is 0.405 e. The normalized spacial score (nSPS) is 16.0. The van der Waals surface area contributed by atoms with Crippen molar-refractivity contribution in [3.63, 3.8) is 0 Å². The van der Waals surface area contributed by atoms with Crippen molar-refractivity contribution in [3.05, 3.63) is 29.3 Å². The molecule has 0 heterocycles. The first-order valence-corrected chi connectivity index (χ1v) is 6.67. The molecule has 4 N–H and O–H groups in total. The van der Waals surface area contributed by atoms with Gasteiger partial charge in [0, 0.05) is 11.3 Å². The molecule has 0 atom stereocenters. The third-order valence-corrected chi connectivity index (χ3v) is 3.44. The Morgan fingerprint density at radius 1 is 1.32 bits per heavy atom. The highest BCUT2D eigenvalue weighted by atomic mass is 19.4. The third kappa shape index (κ3) is 3.97. The summed E-state index contributed by atoms with van der Waals surface area (Å²) >= 11 is 0. The van der Waals surface area contributed by atoms with Gasteiger partial charge in [0.25, 0.3) is 5.91 Å². The van der Waals surface area contributed by atoms with Gasteiger partial charge < -0.3 is 16.4 Å². The number of hydrogen-bond donors (Lipinski definition) is 3. The van der Waals surface area contributed by atoms with Crippen LogP contribution in [0.2, 0.25) is 0 Å². The van der Waals surface area contributed by atoms with Crippen molar-refractivity contribution in [2.75, 3.05) is 11.9 Å². The molecule has 1 fully saturated rings. The van der Waals surface area contributed by atoms with Crippen molar-refractivity contribution in [3.8, 4) is 0 Å². The number of rotatable bonds is 4. The summed E-state index contributed by atoms with van der Waals surface area (Å²) in [6, 6.07) is 4.28. The minimum Gasteiger partial charge on any atom is -0.343 e. The van der Waals surface area contributed by atoms with Gasteiger partial charge in [0.15, 0.2) is 0 Å². The van der Waals surface area contributed by atoms with Crippen molar-refractivity contribution >= 4 is 17.5 Å². The van der Waals surface area contributed by atoms with Crippen molar-refractivity contribution < 1.29 is 22.8 Å². The summed E-state index contributed by atoms with van der Waals surface area (Å²) in [6.07, 6.45) is -3.30. The second kappa shape index (κ2) is 5.60. The van der Waals surface area contributed by atoms with Crippen molar-refractivity contribution in [2.45, 2.75) is 31.5 Å². The molecule has 8 heteroatoms. The number of amides is 2. The van der Waals surface area contributed by atoms with Crippen LogP contribution >= 0.6 is 0 Å². The highest BCUT2D eigenvalue weighted by Gasteiger charge is 2.46. The molecule has 0 spiro atoms. The van der Waals surface area contributed by atoms with Gasteiger partial charge in [-0.15, -0.1) is 0 Å². The molecule has 0 aromatic heterocycles. The Hall–Kier alpha value is -2.09. The lowest BCUT2D eigenvalue weighted by atomic mass is 10.1. The zero-order valence-corrected chi connectivity index (χ0v) is 11.9. The first kappa shape index (κ1) is 16.3. The maximum atomic E-state index is 12.1. The average Bonchev–Trinajstić information content (AvgIpc) is 3.17. The fraction of sp³-hybridized carbons (Fsp3) is 0.429. The molecule has 120 valence electrons. The first-order valence-electron chi connectivity index (χ1n) is 6.67. The van der Waals surface area contributed by atoms with Gasteiger partial charge in [-0.3, -0.25) is 9.59 Å². The van der Waals surface area contributed by atoms with Crippen molar-refractivity contribution in [1.82, 2.24) is 5.32 Å². The van der Waals surface area contributed by atoms with Gasteiger partial charge >= 0.3 is 6.18 Å². The van der Waals surface area contributed by atoms with Crippen LogP contribution in [0.4, 0.5) is 18.9 Å². The zero-order valence-electron chi connectivity index (χ0n) is 11.9. The average molecular weight is 315 g/mol. The highest BCUT2D eigenvalue weighted by Crippen LogP contribution is 2.33. The van der Waals surface area contributed by atoms with Crippen LogP contribution in [0.5, 0.6) is 0 Å². The van der Waals surface area contributed by atoms with Gasteiger partial charge in [-0.1, -0.05) is 6.07 Å². The number of benzene rings is 1. The number of halogens is 3. The van der Waals surface area contributed by atoms with E-state index < -0.39 is 24.2 Å². The van der Waals surface area contributed by atoms with E-state index in [1.165, 1.54) is 12.1 Å². The van der Waals surface area contributed by atoms with Crippen LogP contribution in [0.15, 0.2) is 18.2 Å². The molecule has 0 saturated heterocycles. The van der Waals surface area contributed by atoms with E-state index in [1.54, 1.807) is 18.3 Å². The summed E-state index contributed by atoms with van der Waals surface area (Å²) in [5.41, 5.74) is 5.97. The monoisotopic (exact) mass is 315 g/mol. The SMILES string of the molecule is Cc1ccc(C(=O)NCC(F)(F)F)cc1NC(=O)C1(N)CC1. The molecule has 5 nitrogen and oxygen atoms in total. The highest BCUT2D eigenvalue weighted by molar-refractivity contribution is 6.02. The standard InChI is InChI=1S/C14H16F3N3O2/c1-8-2-3-9(11(21)19-7-14(15,16)17)6-10(8)20-12(22)13(18)4-5-13/h2-3,6H,4-5,7,18H2,1H3,(H,19,21)(H,20,22). The van der Waals surface area contributed by atoms with Crippen LogP contribution in [0.1, 0.15) is 28.8 Å². The van der Waals surface area contributed by atoms with Crippen LogP contribution in [0.25, 0.3) is 0 Å². The Morgan fingerprint density at radius 3 is 2.50 bits per heavy atom. The Kier molecular flexibility index (Phi) is 4.15. The number of hydrogen-bond acceptors (Lipinski definition) is 3. The smallest absolute Gasteiger partial charge is 0.343 e. The molecule has 22 heavy (non-hydrogen) atoms. The molecule has 1 aromatic rings. The van der Waals surface area contributed by atoms with E-state index in [1.807, 2.05) is 0 Å². The summed E-state index contributed by atoms with van der Waals surface area (Å²) in [7, 11) is 0. The topological polar surface area (TPSA) is 84.2 Å². The van der Waals surface area contributed by atoms with Gasteiger partial charge in [-0.25, -0.2) is 0 Å². The van der Waals surface area contributed by atoms with Gasteiger partial charge in [0.2, 0.25) is 5.91 Å². The van der Waals surface area contributed by atoms with Crippen LogP contribution in [-0.2, 0) is 4.79 Å². The Balaban J connectivity index is 2.09. The van der Waals surface area contributed by atoms with E-state index in [0.717, 1.165) is 0 Å². The molecule has 1 saturated carbocycles. The molecule has 2 rings (SSSR count). The van der Waals surface area contributed by atoms with Crippen LogP contribution in [0, 0.1) is 6.92 Å². The van der Waals surface area contributed by atoms with Gasteiger partial charge in [0.05, 0.1) is 5.54 Å². The zero-order chi connectivity index (χ0) is 16.5. The van der Waals surface area contributed by atoms with E-state index in [9.17, 15) is 22.8 Å². The lowest BCUT2D eigenvalue weighted by Gasteiger charge is -2.14. The van der Waals surface area contributed by atoms with Crippen molar-refractivity contribution in [1.29, 1.82) is 0 Å². The van der Waals surface area contributed by atoms with Gasteiger partial charge in [-0.2, -0.15) is 13.2 Å². The fourth-order valence-corrected chi connectivity index (χ4v) is 1.79. The number of carbonyl (C=O) groups is 2. The van der Waals surface area contributed by atoms with Gasteiger partial charge in [-0.05, 0) is 37.5 Å².